The predicted octanol–water partition coefficient (Wildman–Crippen LogP) is 5.38. The Morgan fingerprint density at radius 2 is 1.87 bits per heavy atom. The van der Waals surface area contributed by atoms with Crippen LogP contribution >= 0.6 is 0 Å². The number of cyclic esters (lactones) is 1. The number of aryl methyl sites for hydroxylation is 1. The highest BCUT2D eigenvalue weighted by atomic mass is 16.5. The van der Waals surface area contributed by atoms with Gasteiger partial charge in [-0.1, -0.05) is 39.8 Å². The summed E-state index contributed by atoms with van der Waals surface area (Å²) in [6.07, 6.45) is 3.94. The third-order valence-corrected chi connectivity index (χ3v) is 13.9. The lowest BCUT2D eigenvalue weighted by molar-refractivity contribution is -0.155. The summed E-state index contributed by atoms with van der Waals surface area (Å²) in [6, 6.07) is 14.1. The summed E-state index contributed by atoms with van der Waals surface area (Å²) in [7, 11) is 4.74. The Morgan fingerprint density at radius 1 is 1.10 bits per heavy atom. The van der Waals surface area contributed by atoms with Gasteiger partial charge >= 0.3 is 5.97 Å². The van der Waals surface area contributed by atoms with Crippen LogP contribution in [0.3, 0.4) is 0 Å². The van der Waals surface area contributed by atoms with Crippen molar-refractivity contribution in [1.82, 2.24) is 40.0 Å². The molecule has 374 valence electrons. The van der Waals surface area contributed by atoms with Gasteiger partial charge in [0.15, 0.2) is 0 Å². The maximum Gasteiger partial charge on any atom is 0.324 e. The van der Waals surface area contributed by atoms with E-state index in [1.54, 1.807) is 46.3 Å². The van der Waals surface area contributed by atoms with Crippen molar-refractivity contribution < 1.29 is 38.6 Å². The molecule has 0 saturated carbocycles. The lowest BCUT2D eigenvalue weighted by atomic mass is 9.84. The summed E-state index contributed by atoms with van der Waals surface area (Å²) in [4.78, 5) is 79.7. The lowest BCUT2D eigenvalue weighted by Gasteiger charge is -2.37. The second kappa shape index (κ2) is 21.7. The van der Waals surface area contributed by atoms with Crippen molar-refractivity contribution in [2.24, 2.45) is 11.3 Å². The molecule has 2 saturated heterocycles. The summed E-state index contributed by atoms with van der Waals surface area (Å²) in [5, 5.41) is 25.6. The largest absolute Gasteiger partial charge is 0.508 e. The van der Waals surface area contributed by atoms with Crippen LogP contribution in [0.2, 0.25) is 0 Å². The second-order valence-corrected chi connectivity index (χ2v) is 20.2. The molecule has 3 N–H and O–H groups in total. The molecule has 1 unspecified atom stereocenters. The van der Waals surface area contributed by atoms with Crippen LogP contribution < -0.4 is 10.7 Å². The molecule has 3 aliphatic heterocycles. The number of hydrazine groups is 1. The Labute approximate surface area is 411 Å². The highest BCUT2D eigenvalue weighted by Gasteiger charge is 2.43. The number of nitriles is 1. The first-order valence-electron chi connectivity index (χ1n) is 24.5. The van der Waals surface area contributed by atoms with E-state index >= 15 is 0 Å². The molecule has 0 spiro atoms. The number of nitrogens with one attached hydrogen (secondary N) is 2. The predicted molar refractivity (Wildman–Crippen MR) is 265 cm³/mol. The number of pyridine rings is 1. The van der Waals surface area contributed by atoms with E-state index in [0.717, 1.165) is 39.0 Å². The highest BCUT2D eigenvalue weighted by molar-refractivity contribution is 5.96. The zero-order chi connectivity index (χ0) is 50.6. The van der Waals surface area contributed by atoms with Gasteiger partial charge in [-0.25, -0.2) is 5.43 Å². The van der Waals surface area contributed by atoms with E-state index in [4.69, 9.17) is 19.7 Å². The number of phenolic OH excluding ortho intramolecular Hbond substituents is 1. The molecule has 17 heteroatoms. The number of nitrogens with zero attached hydrogens (tertiary/aromatic N) is 7. The summed E-state index contributed by atoms with van der Waals surface area (Å²) < 4.78 is 14.2. The average Bonchev–Trinajstić information content (AvgIpc) is 4.05. The number of aromatic nitrogens is 2. The smallest absolute Gasteiger partial charge is 0.324 e. The van der Waals surface area contributed by atoms with Gasteiger partial charge in [-0.3, -0.25) is 38.9 Å². The monoisotopic (exact) mass is 960 g/mol. The minimum absolute atomic E-state index is 0.0271. The van der Waals surface area contributed by atoms with Crippen LogP contribution in [0.5, 0.6) is 5.75 Å². The number of carbonyl (C=O) groups excluding carboxylic acids is 5. The highest BCUT2D eigenvalue weighted by Crippen LogP contribution is 2.42. The molecule has 7 rings (SSSR count). The van der Waals surface area contributed by atoms with Gasteiger partial charge < -0.3 is 34.3 Å². The molecule has 4 amide bonds. The minimum Gasteiger partial charge on any atom is -0.508 e. The Balaban J connectivity index is 1.25. The van der Waals surface area contributed by atoms with Crippen LogP contribution in [-0.2, 0) is 52.8 Å². The molecule has 2 aromatic carbocycles. The maximum absolute atomic E-state index is 14.8. The number of amides is 4. The number of carbonyl (C=O) groups is 5. The number of unbranched alkanes of at least 4 members (excludes halogenated alkanes) is 1. The summed E-state index contributed by atoms with van der Waals surface area (Å²) in [5.74, 6) is -2.66. The van der Waals surface area contributed by atoms with E-state index in [-0.39, 0.29) is 49.9 Å². The van der Waals surface area contributed by atoms with Crippen molar-refractivity contribution in [3.63, 3.8) is 0 Å². The number of likely N-dealkylation sites (N-methyl/N-ethyl adjacent to an activating group) is 2. The van der Waals surface area contributed by atoms with Crippen molar-refractivity contribution in [1.29, 1.82) is 5.26 Å². The number of phenols is 1. The zero-order valence-corrected chi connectivity index (χ0v) is 42.1. The van der Waals surface area contributed by atoms with Crippen molar-refractivity contribution in [2.75, 3.05) is 54.0 Å². The molecule has 6 bridgehead atoms. The van der Waals surface area contributed by atoms with E-state index in [9.17, 15) is 29.1 Å². The standard InChI is InChI=1S/C53H69N9O8/c1-10-61-43-18-17-35-27-39(43)40(48(61)38-15-13-20-55-46(38)33(4)69-9)28-53(5,6)31-70-52(68)41-16-14-22-62(57-41)50(66)42(25-34-23-36(35)26-37(63)24-34)56-49(65)47(32(2)3)59(8)45(64)30-58(7)51(67)44-29-60(44)21-12-11-19-54/h13,15,17-18,20,23-24,26-27,32-33,41-42,44,47,57,63H,10-12,14,16,21-22,25,28-31H2,1-9H3,(H,56,65)/t33-,41-,42-,44-,47-,60?/m0/s1. The SMILES string of the molecule is CCn1c(-c2cccnc2[C@H](C)OC)c2c3cc(ccc31)-c1cc(O)cc(c1)C[C@H](NC(=O)[C@H](C(C)C)N(C)C(=O)CN(C)C(=O)[C@@H]1CN1CCCC#N)C(=O)N1CCC[C@H](N1)C(=O)OCC(C)(C)C2. The van der Waals surface area contributed by atoms with Gasteiger partial charge in [0.05, 0.1) is 36.7 Å². The number of hydrogen-bond acceptors (Lipinski definition) is 12. The molecule has 4 aromatic rings. The van der Waals surface area contributed by atoms with Crippen LogP contribution in [-0.4, -0.2) is 142 Å². The molecule has 6 atom stereocenters. The van der Waals surface area contributed by atoms with Crippen LogP contribution in [0.25, 0.3) is 33.3 Å². The van der Waals surface area contributed by atoms with Crippen LogP contribution in [0, 0.1) is 22.7 Å². The topological polar surface area (TPSA) is 202 Å². The van der Waals surface area contributed by atoms with E-state index in [1.807, 2.05) is 30.0 Å². The third-order valence-electron chi connectivity index (χ3n) is 13.9. The molecule has 17 nitrogen and oxygen atoms in total. The quantitative estimate of drug-likeness (QED) is 0.0829. The average molecular weight is 960 g/mol. The fourth-order valence-corrected chi connectivity index (χ4v) is 10.1. The Morgan fingerprint density at radius 3 is 2.59 bits per heavy atom. The van der Waals surface area contributed by atoms with E-state index in [0.29, 0.717) is 62.9 Å². The summed E-state index contributed by atoms with van der Waals surface area (Å²) in [6.45, 7) is 13.7. The normalized spacial score (nSPS) is 21.0. The number of methoxy groups -OCH3 is 1. The maximum atomic E-state index is 14.8. The number of rotatable bonds is 14. The molecule has 5 heterocycles. The van der Waals surface area contributed by atoms with Crippen molar-refractivity contribution >= 4 is 40.5 Å². The minimum atomic E-state index is -1.20. The Kier molecular flexibility index (Phi) is 16.0. The number of fused-ring (bicyclic) bond motifs is 6. The van der Waals surface area contributed by atoms with Gasteiger partial charge in [0, 0.05) is 88.3 Å². The van der Waals surface area contributed by atoms with Gasteiger partial charge in [-0.15, -0.1) is 0 Å². The van der Waals surface area contributed by atoms with Crippen LogP contribution in [0.15, 0.2) is 54.7 Å². The Hall–Kier alpha value is -6.35. The lowest BCUT2D eigenvalue weighted by Crippen LogP contribution is -2.62. The molecular weight excluding hydrogens is 891 g/mol. The van der Waals surface area contributed by atoms with E-state index in [2.05, 4.69) is 60.3 Å². The number of hydrogen-bond donors (Lipinski definition) is 3. The first-order chi connectivity index (χ1) is 33.4. The van der Waals surface area contributed by atoms with Crippen LogP contribution in [0.4, 0.5) is 0 Å². The third kappa shape index (κ3) is 11.3. The molecule has 0 radical (unpaired) electrons. The molecule has 2 aromatic heterocycles. The summed E-state index contributed by atoms with van der Waals surface area (Å²) >= 11 is 0. The van der Waals surface area contributed by atoms with Gasteiger partial charge in [0.25, 0.3) is 5.91 Å². The zero-order valence-electron chi connectivity index (χ0n) is 42.1. The number of esters is 1. The second-order valence-electron chi connectivity index (χ2n) is 20.2. The van der Waals surface area contributed by atoms with E-state index in [1.165, 1.54) is 21.9 Å². The summed E-state index contributed by atoms with van der Waals surface area (Å²) in [5.41, 5.74) is 9.42. The van der Waals surface area contributed by atoms with Gasteiger partial charge in [0.1, 0.15) is 29.9 Å². The molecule has 3 aliphatic rings. The number of benzene rings is 2. The van der Waals surface area contributed by atoms with Crippen molar-refractivity contribution in [2.45, 2.75) is 117 Å². The molecule has 2 fully saturated rings. The first kappa shape index (κ1) is 51.5. The fraction of sp³-hybridized carbons (Fsp3) is 0.528. The molecule has 70 heavy (non-hydrogen) atoms. The van der Waals surface area contributed by atoms with Gasteiger partial charge in [0.2, 0.25) is 17.7 Å². The first-order valence-corrected chi connectivity index (χ1v) is 24.5. The van der Waals surface area contributed by atoms with Crippen LogP contribution in [0.1, 0.15) is 90.2 Å². The number of ether oxygens (including phenoxy) is 2. The van der Waals surface area contributed by atoms with Crippen molar-refractivity contribution in [3.05, 3.63) is 71.5 Å². The fourth-order valence-electron chi connectivity index (χ4n) is 10.1. The molecule has 0 aliphatic carbocycles. The Bertz CT molecular complexity index is 2660. The van der Waals surface area contributed by atoms with Gasteiger partial charge in [-0.05, 0) is 104 Å². The molecular formula is C53H69N9O8. The van der Waals surface area contributed by atoms with Crippen molar-refractivity contribution in [3.8, 4) is 34.2 Å². The van der Waals surface area contributed by atoms with E-state index < -0.39 is 53.1 Å². The number of aromatic hydroxyl groups is 1. The van der Waals surface area contributed by atoms with Gasteiger partial charge in [-0.2, -0.15) is 5.26 Å².